The van der Waals surface area contributed by atoms with E-state index in [4.69, 9.17) is 0 Å². The minimum Gasteiger partial charge on any atom is -0.502 e. The summed E-state index contributed by atoms with van der Waals surface area (Å²) in [6.07, 6.45) is 1.92. The lowest BCUT2D eigenvalue weighted by atomic mass is 9.78. The fraction of sp³-hybridized carbons (Fsp3) is 0.581. The third-order valence-corrected chi connectivity index (χ3v) is 7.25. The van der Waals surface area contributed by atoms with Gasteiger partial charge in [0.25, 0.3) is 0 Å². The number of phenols is 2. The maximum atomic E-state index is 11.8. The second-order valence-corrected chi connectivity index (χ2v) is 14.4. The van der Waals surface area contributed by atoms with Gasteiger partial charge in [0.1, 0.15) is 6.54 Å². The van der Waals surface area contributed by atoms with Gasteiger partial charge in [-0.25, -0.2) is 9.48 Å². The molecule has 0 aliphatic carbocycles. The van der Waals surface area contributed by atoms with Crippen LogP contribution in [0.5, 0.6) is 11.5 Å². The molecule has 3 rings (SSSR count). The molecule has 2 N–H and O–H groups in total. The molecule has 0 saturated heterocycles. The van der Waals surface area contributed by atoms with Crippen molar-refractivity contribution in [2.75, 3.05) is 13.1 Å². The van der Waals surface area contributed by atoms with Crippen LogP contribution in [0, 0.1) is 0 Å². The van der Waals surface area contributed by atoms with Gasteiger partial charge in [-0.2, -0.15) is 0 Å². The maximum absolute atomic E-state index is 11.8. The lowest BCUT2D eigenvalue weighted by molar-refractivity contribution is 0.417. The first-order valence-electron chi connectivity index (χ1n) is 12.9. The molecule has 1 aliphatic heterocycles. The zero-order chi connectivity index (χ0) is 26.8. The van der Waals surface area contributed by atoms with Crippen molar-refractivity contribution in [1.29, 1.82) is 0 Å². The van der Waals surface area contributed by atoms with Gasteiger partial charge in [-0.3, -0.25) is 0 Å². The van der Waals surface area contributed by atoms with E-state index in [1.807, 2.05) is 6.34 Å². The summed E-state index contributed by atoms with van der Waals surface area (Å²) in [5.41, 5.74) is 5.03. The van der Waals surface area contributed by atoms with Crippen LogP contribution < -0.4 is 4.48 Å². The predicted octanol–water partition coefficient (Wildman–Crippen LogP) is 7.97. The lowest BCUT2D eigenvalue weighted by Gasteiger charge is -2.36. The van der Waals surface area contributed by atoms with Crippen molar-refractivity contribution in [3.63, 3.8) is 0 Å². The predicted molar refractivity (Wildman–Crippen MR) is 151 cm³/mol. The van der Waals surface area contributed by atoms with Crippen LogP contribution in [0.25, 0.3) is 0 Å². The molecule has 0 unspecified atom stereocenters. The van der Waals surface area contributed by atoms with Crippen LogP contribution in [-0.2, 0) is 21.7 Å². The zero-order valence-electron chi connectivity index (χ0n) is 24.1. The summed E-state index contributed by atoms with van der Waals surface area (Å²) in [5, 5.41) is 23.6. The van der Waals surface area contributed by atoms with Gasteiger partial charge in [0.05, 0.1) is 6.54 Å². The highest BCUT2D eigenvalue weighted by atomic mass is 16.3. The smallest absolute Gasteiger partial charge is 0.196 e. The highest BCUT2D eigenvalue weighted by molar-refractivity contribution is 5.90. The Hall–Kier alpha value is -2.33. The molecule has 0 spiro atoms. The van der Waals surface area contributed by atoms with Gasteiger partial charge in [-0.15, -0.1) is 0 Å². The summed E-state index contributed by atoms with van der Waals surface area (Å²) in [5.74, 6) is 0.577. The van der Waals surface area contributed by atoms with Gasteiger partial charge < -0.3 is 10.2 Å². The minimum absolute atomic E-state index is 0.102. The number of hydrogen-bond donors (Lipinski definition) is 2. The number of nitrogens with zero attached hydrogens (tertiary/aromatic N) is 2. The molecule has 2 aromatic carbocycles. The molecule has 0 amide bonds. The molecular weight excluding hydrogens is 432 g/mol. The second kappa shape index (κ2) is 8.37. The summed E-state index contributed by atoms with van der Waals surface area (Å²) in [4.78, 5) is 4.66. The molecule has 0 radical (unpaired) electrons. The van der Waals surface area contributed by atoms with Crippen LogP contribution in [-0.4, -0.2) is 29.6 Å². The van der Waals surface area contributed by atoms with Crippen molar-refractivity contribution < 1.29 is 10.2 Å². The first-order valence-corrected chi connectivity index (χ1v) is 12.9. The third kappa shape index (κ3) is 5.00. The van der Waals surface area contributed by atoms with Crippen molar-refractivity contribution in [1.82, 2.24) is 4.48 Å². The Morgan fingerprint density at radius 1 is 0.600 bits per heavy atom. The molecule has 1 aliphatic rings. The highest BCUT2D eigenvalue weighted by Gasteiger charge is 2.44. The van der Waals surface area contributed by atoms with Crippen LogP contribution in [0.1, 0.15) is 105 Å². The number of aromatic hydroxyl groups is 2. The van der Waals surface area contributed by atoms with E-state index in [1.54, 1.807) is 0 Å². The Bertz CT molecular complexity index is 1070. The molecule has 4 heteroatoms. The van der Waals surface area contributed by atoms with E-state index < -0.39 is 0 Å². The molecule has 1 heterocycles. The van der Waals surface area contributed by atoms with Gasteiger partial charge in [0.15, 0.2) is 29.2 Å². The summed E-state index contributed by atoms with van der Waals surface area (Å²) >= 11 is 0. The Morgan fingerprint density at radius 3 is 1.23 bits per heavy atom. The molecule has 192 valence electrons. The fourth-order valence-corrected chi connectivity index (χ4v) is 4.82. The number of quaternary nitrogens is 1. The fourth-order valence-electron chi connectivity index (χ4n) is 4.82. The Morgan fingerprint density at radius 2 is 0.971 bits per heavy atom. The topological polar surface area (TPSA) is 52.8 Å². The first kappa shape index (κ1) is 27.3. The van der Waals surface area contributed by atoms with Crippen LogP contribution >= 0.6 is 0 Å². The number of aliphatic imine (C=N–C) groups is 1. The average Bonchev–Trinajstić information content (AvgIpc) is 3.15. The van der Waals surface area contributed by atoms with E-state index in [0.717, 1.165) is 33.6 Å². The Balaban J connectivity index is 2.50. The van der Waals surface area contributed by atoms with E-state index in [2.05, 4.69) is 112 Å². The molecule has 0 saturated carbocycles. The van der Waals surface area contributed by atoms with E-state index >= 15 is 0 Å². The van der Waals surface area contributed by atoms with Gasteiger partial charge >= 0.3 is 0 Å². The number of benzene rings is 2. The number of hydrogen-bond acceptors (Lipinski definition) is 3. The summed E-state index contributed by atoms with van der Waals surface area (Å²) in [6.45, 7) is 27.3. The summed E-state index contributed by atoms with van der Waals surface area (Å²) in [6, 6.07) is 8.55. The quantitative estimate of drug-likeness (QED) is 0.429. The van der Waals surface area contributed by atoms with E-state index in [1.165, 1.54) is 0 Å². The second-order valence-electron chi connectivity index (χ2n) is 14.4. The van der Waals surface area contributed by atoms with Crippen molar-refractivity contribution >= 4 is 17.7 Å². The summed E-state index contributed by atoms with van der Waals surface area (Å²) < 4.78 is 0.206. The maximum Gasteiger partial charge on any atom is 0.196 e. The van der Waals surface area contributed by atoms with E-state index in [9.17, 15) is 10.2 Å². The van der Waals surface area contributed by atoms with Crippen molar-refractivity contribution in [3.8, 4) is 11.5 Å². The van der Waals surface area contributed by atoms with E-state index in [-0.39, 0.29) is 37.6 Å². The van der Waals surface area contributed by atoms with Crippen LogP contribution in [0.4, 0.5) is 11.4 Å². The van der Waals surface area contributed by atoms with Gasteiger partial charge in [0.2, 0.25) is 0 Å². The number of rotatable bonds is 2. The van der Waals surface area contributed by atoms with Gasteiger partial charge in [-0.1, -0.05) is 95.2 Å². The molecule has 0 fully saturated rings. The van der Waals surface area contributed by atoms with Crippen molar-refractivity contribution in [2.24, 2.45) is 4.99 Å². The first-order chi connectivity index (χ1) is 15.7. The molecule has 35 heavy (non-hydrogen) atoms. The SMILES string of the molecule is CC(C)(C)c1cc(C(C)(C)C)c(O)c([N+]2(c3cc(C(C)(C)C)cc(C(C)(C)C)c3O)C=NCC2)c1. The van der Waals surface area contributed by atoms with Gasteiger partial charge in [-0.05, 0) is 32.8 Å². The number of phenolic OH excluding ortho intramolecular Hbond substituents is 2. The average molecular weight is 480 g/mol. The molecular formula is C31H47N2O2+. The Kier molecular flexibility index (Phi) is 6.52. The molecule has 0 atom stereocenters. The Labute approximate surface area is 213 Å². The molecule has 0 aromatic heterocycles. The molecule has 4 nitrogen and oxygen atoms in total. The van der Waals surface area contributed by atoms with Crippen LogP contribution in [0.15, 0.2) is 29.3 Å². The normalized spacial score (nSPS) is 16.7. The zero-order valence-corrected chi connectivity index (χ0v) is 24.1. The third-order valence-electron chi connectivity index (χ3n) is 7.25. The van der Waals surface area contributed by atoms with Crippen molar-refractivity contribution in [2.45, 2.75) is 105 Å². The minimum atomic E-state index is -0.243. The molecule has 0 bridgehead atoms. The largest absolute Gasteiger partial charge is 0.502 e. The molecule has 2 aromatic rings. The lowest BCUT2D eigenvalue weighted by Crippen LogP contribution is -2.42. The van der Waals surface area contributed by atoms with E-state index in [0.29, 0.717) is 13.1 Å². The van der Waals surface area contributed by atoms with Gasteiger partial charge in [0, 0.05) is 23.3 Å². The standard InChI is InChI=1S/C31H46N2O2/c1-28(2,3)20-15-22(30(7,8)9)26(34)24(17-20)33(14-13-32-19-33)25-18-21(29(4,5)6)16-23(27(25)35)31(10,11)12/h15-19H,13-14H2,1-12H3,(H-,34,35)/p+1. The monoisotopic (exact) mass is 479 g/mol. The van der Waals surface area contributed by atoms with Crippen LogP contribution in [0.3, 0.4) is 0 Å². The van der Waals surface area contributed by atoms with Crippen LogP contribution in [0.2, 0.25) is 0 Å². The highest BCUT2D eigenvalue weighted by Crippen LogP contribution is 2.52. The van der Waals surface area contributed by atoms with Crippen molar-refractivity contribution in [3.05, 3.63) is 46.5 Å². The summed E-state index contributed by atoms with van der Waals surface area (Å²) in [7, 11) is 0.